The molecule has 2 atom stereocenters. The van der Waals surface area contributed by atoms with Crippen LogP contribution >= 0.6 is 27.3 Å². The van der Waals surface area contributed by atoms with Crippen LogP contribution in [0.15, 0.2) is 63.9 Å². The fraction of sp³-hybridized carbons (Fsp3) is 0.231. The van der Waals surface area contributed by atoms with Crippen LogP contribution in [0, 0.1) is 6.01 Å². The highest BCUT2D eigenvalue weighted by Crippen LogP contribution is 2.45. The second-order valence-electron chi connectivity index (χ2n) is 8.25. The Balaban J connectivity index is 1.46. The lowest BCUT2D eigenvalue weighted by Gasteiger charge is -2.19. The molecule has 0 saturated carbocycles. The SMILES string of the molecule is [2H][C@H](c1ccccc1OC([2H])([2H])c1ccnn1CC(F)(F)F)[C@H](Oc1ncnc2sc(-c3ccc(F)o3)c(Br)c12)C(C)=O. The van der Waals surface area contributed by atoms with E-state index in [2.05, 4.69) is 31.0 Å². The molecule has 0 N–H and O–H groups in total. The highest BCUT2D eigenvalue weighted by molar-refractivity contribution is 9.10. The zero-order valence-corrected chi connectivity index (χ0v) is 22.7. The number of benzene rings is 1. The van der Waals surface area contributed by atoms with Crippen LogP contribution in [0.4, 0.5) is 17.6 Å². The van der Waals surface area contributed by atoms with E-state index in [9.17, 15) is 22.4 Å². The van der Waals surface area contributed by atoms with Crippen molar-refractivity contribution in [2.24, 2.45) is 0 Å². The lowest BCUT2D eigenvalue weighted by molar-refractivity contribution is -0.143. The van der Waals surface area contributed by atoms with Crippen LogP contribution in [0.1, 0.15) is 22.3 Å². The van der Waals surface area contributed by atoms with Crippen LogP contribution < -0.4 is 9.47 Å². The molecule has 0 bridgehead atoms. The standard InChI is InChI=1S/C26H19BrF4N4O4S/c1-14(36)19(39-24-21-22(27)23(18-6-7-20(28)38-18)40-25(21)33-13-32-24)10-15-4-2-3-5-17(15)37-11-16-8-9-34-35(16)12-26(29,30)31/h2-9,13,19H,10-12H2,1H3/t19-/m0/s1/i10D,11D2/t10-,19+/m1. The number of fused-ring (bicyclic) bond motifs is 1. The van der Waals surface area contributed by atoms with Crippen LogP contribution in [-0.2, 0) is 24.3 Å². The number of aromatic nitrogens is 4. The van der Waals surface area contributed by atoms with Crippen LogP contribution in [0.3, 0.4) is 0 Å². The number of Topliss-reactive ketones (excluding diaryl/α,β-unsaturated/α-hetero) is 1. The smallest absolute Gasteiger partial charge is 0.408 e. The summed E-state index contributed by atoms with van der Waals surface area (Å²) in [5, 5.41) is 3.90. The molecule has 0 radical (unpaired) electrons. The molecule has 0 saturated heterocycles. The van der Waals surface area contributed by atoms with Crippen LogP contribution in [0.25, 0.3) is 20.9 Å². The van der Waals surface area contributed by atoms with Gasteiger partial charge in [0.1, 0.15) is 35.8 Å². The number of para-hydroxylation sites is 1. The van der Waals surface area contributed by atoms with Crippen molar-refractivity contribution in [3.63, 3.8) is 0 Å². The molecule has 4 aromatic heterocycles. The van der Waals surface area contributed by atoms with Gasteiger partial charge in [0.25, 0.3) is 6.01 Å². The van der Waals surface area contributed by atoms with Crippen molar-refractivity contribution in [2.45, 2.75) is 38.7 Å². The predicted molar refractivity (Wildman–Crippen MR) is 141 cm³/mol. The van der Waals surface area contributed by atoms with Gasteiger partial charge in [-0.25, -0.2) is 9.97 Å². The van der Waals surface area contributed by atoms with Crippen molar-refractivity contribution in [2.75, 3.05) is 0 Å². The van der Waals surface area contributed by atoms with Gasteiger partial charge in [0.15, 0.2) is 11.9 Å². The number of hydrogen-bond acceptors (Lipinski definition) is 8. The van der Waals surface area contributed by atoms with E-state index in [-0.39, 0.29) is 23.0 Å². The molecule has 14 heteroatoms. The second kappa shape index (κ2) is 11.4. The number of thiophene rings is 1. The number of nitrogens with zero attached hydrogens (tertiary/aromatic N) is 4. The van der Waals surface area contributed by atoms with Crippen molar-refractivity contribution in [1.29, 1.82) is 0 Å². The van der Waals surface area contributed by atoms with Gasteiger partial charge in [-0.2, -0.15) is 22.7 Å². The van der Waals surface area contributed by atoms with Gasteiger partial charge >= 0.3 is 6.18 Å². The van der Waals surface area contributed by atoms with Gasteiger partial charge in [0.05, 0.1) is 23.2 Å². The zero-order chi connectivity index (χ0) is 31.1. The van der Waals surface area contributed by atoms with Gasteiger partial charge in [0, 0.05) is 20.0 Å². The Bertz CT molecular complexity index is 1800. The van der Waals surface area contributed by atoms with Gasteiger partial charge < -0.3 is 13.9 Å². The Kier molecular flexibility index (Phi) is 6.84. The number of hydrogen-bond donors (Lipinski definition) is 0. The fourth-order valence-corrected chi connectivity index (χ4v) is 5.52. The Hall–Kier alpha value is -3.78. The van der Waals surface area contributed by atoms with E-state index in [4.69, 9.17) is 18.0 Å². The normalized spacial score (nSPS) is 14.8. The minimum absolute atomic E-state index is 0.0231. The maximum absolute atomic E-state index is 13.5. The highest BCUT2D eigenvalue weighted by atomic mass is 79.9. The van der Waals surface area contributed by atoms with Gasteiger partial charge in [-0.1, -0.05) is 18.2 Å². The number of carbonyl (C=O) groups excluding carboxylic acids is 1. The quantitative estimate of drug-likeness (QED) is 0.155. The second-order valence-corrected chi connectivity index (χ2v) is 10.0. The minimum Gasteiger partial charge on any atom is -0.487 e. The van der Waals surface area contributed by atoms with Crippen molar-refractivity contribution in [3.05, 3.63) is 76.7 Å². The van der Waals surface area contributed by atoms with E-state index in [1.807, 2.05) is 0 Å². The van der Waals surface area contributed by atoms with E-state index in [1.165, 1.54) is 43.6 Å². The maximum Gasteiger partial charge on any atom is 0.408 e. The molecule has 5 aromatic rings. The molecule has 208 valence electrons. The van der Waals surface area contributed by atoms with Crippen molar-refractivity contribution < 1.29 is 40.4 Å². The van der Waals surface area contributed by atoms with Gasteiger partial charge in [-0.05, 0) is 46.6 Å². The lowest BCUT2D eigenvalue weighted by atomic mass is 10.0. The first-order valence-electron chi connectivity index (χ1n) is 13.0. The number of rotatable bonds is 10. The maximum atomic E-state index is 13.5. The monoisotopic (exact) mass is 641 g/mol. The summed E-state index contributed by atoms with van der Waals surface area (Å²) in [5.74, 6) is -0.619. The van der Waals surface area contributed by atoms with Crippen LogP contribution in [-0.4, -0.2) is 37.8 Å². The molecular weight excluding hydrogens is 620 g/mol. The van der Waals surface area contributed by atoms with E-state index in [0.717, 1.165) is 29.7 Å². The minimum atomic E-state index is -4.66. The van der Waals surface area contributed by atoms with Gasteiger partial charge in [0.2, 0.25) is 5.88 Å². The molecule has 4 heterocycles. The number of ether oxygens (including phenoxy) is 2. The largest absolute Gasteiger partial charge is 0.487 e. The summed E-state index contributed by atoms with van der Waals surface area (Å²) in [6.07, 6.45) is -5.43. The number of carbonyl (C=O) groups is 1. The molecule has 0 spiro atoms. The summed E-state index contributed by atoms with van der Waals surface area (Å²) in [6, 6.07) is 8.59. The van der Waals surface area contributed by atoms with E-state index in [1.54, 1.807) is 0 Å². The molecule has 0 aliphatic carbocycles. The summed E-state index contributed by atoms with van der Waals surface area (Å²) in [6.45, 7) is -3.14. The lowest BCUT2D eigenvalue weighted by Crippen LogP contribution is -2.28. The molecule has 5 rings (SSSR count). The summed E-state index contributed by atoms with van der Waals surface area (Å²) in [5.41, 5.74) is -0.478. The summed E-state index contributed by atoms with van der Waals surface area (Å²) in [4.78, 5) is 22.0. The molecule has 40 heavy (non-hydrogen) atoms. The Morgan fingerprint density at radius 2 is 2.02 bits per heavy atom. The molecule has 8 nitrogen and oxygen atoms in total. The summed E-state index contributed by atoms with van der Waals surface area (Å²) in [7, 11) is 0. The third-order valence-electron chi connectivity index (χ3n) is 5.39. The highest BCUT2D eigenvalue weighted by Gasteiger charge is 2.29. The molecule has 0 aliphatic heterocycles. The Labute approximate surface area is 240 Å². The van der Waals surface area contributed by atoms with Crippen molar-refractivity contribution >= 4 is 43.3 Å². The third-order valence-corrected chi connectivity index (χ3v) is 7.56. The topological polar surface area (TPSA) is 92.3 Å². The summed E-state index contributed by atoms with van der Waals surface area (Å²) >= 11 is 4.59. The molecular formula is C26H19BrF4N4O4S. The van der Waals surface area contributed by atoms with E-state index < -0.39 is 49.3 Å². The van der Waals surface area contributed by atoms with Crippen LogP contribution in [0.2, 0.25) is 0 Å². The average molecular weight is 642 g/mol. The van der Waals surface area contributed by atoms with E-state index in [0.29, 0.717) is 24.2 Å². The number of ketones is 1. The molecule has 0 fully saturated rings. The van der Waals surface area contributed by atoms with Crippen molar-refractivity contribution in [3.8, 4) is 22.3 Å². The predicted octanol–water partition coefficient (Wildman–Crippen LogP) is 6.77. The average Bonchev–Trinajstić information content (AvgIpc) is 3.65. The van der Waals surface area contributed by atoms with Gasteiger partial charge in [-0.15, -0.1) is 11.3 Å². The number of furan rings is 1. The van der Waals surface area contributed by atoms with E-state index >= 15 is 0 Å². The van der Waals surface area contributed by atoms with Crippen LogP contribution in [0.5, 0.6) is 11.6 Å². The number of alkyl halides is 3. The third kappa shape index (κ3) is 6.17. The van der Waals surface area contributed by atoms with Gasteiger partial charge in [-0.3, -0.25) is 9.48 Å². The van der Waals surface area contributed by atoms with Crippen molar-refractivity contribution in [1.82, 2.24) is 19.7 Å². The first kappa shape index (κ1) is 24.1. The molecule has 0 amide bonds. The first-order valence-corrected chi connectivity index (χ1v) is 13.0. The molecule has 1 aromatic carbocycles. The Morgan fingerprint density at radius 1 is 1.23 bits per heavy atom. The zero-order valence-electron chi connectivity index (χ0n) is 23.3. The molecule has 0 unspecified atom stereocenters. The fourth-order valence-electron chi connectivity index (χ4n) is 3.61. The number of halogens is 5. The molecule has 0 aliphatic rings. The Morgan fingerprint density at radius 3 is 2.75 bits per heavy atom. The first-order chi connectivity index (χ1) is 20.2. The summed E-state index contributed by atoms with van der Waals surface area (Å²) < 4.78 is 95.6.